The third-order valence-electron chi connectivity index (χ3n) is 4.48. The second-order valence-corrected chi connectivity index (χ2v) is 11.9. The van der Waals surface area contributed by atoms with Gasteiger partial charge in [0.1, 0.15) is 28.9 Å². The third kappa shape index (κ3) is 17.2. The topological polar surface area (TPSA) is 181 Å². The van der Waals surface area contributed by atoms with Crippen LogP contribution in [0.1, 0.15) is 88.0 Å². The summed E-state index contributed by atoms with van der Waals surface area (Å²) in [6, 6.07) is 0. The van der Waals surface area contributed by atoms with Crippen LogP contribution in [0.4, 0.5) is 14.4 Å². The Labute approximate surface area is 225 Å². The number of carbonyl (C=O) groups excluding carboxylic acids is 4. The van der Waals surface area contributed by atoms with Crippen molar-refractivity contribution in [3.05, 3.63) is 0 Å². The quantitative estimate of drug-likeness (QED) is 0.181. The molecule has 0 rings (SSSR count). The minimum Gasteiger partial charge on any atom is -0.480 e. The number of nitrogens with one attached hydrogen (secondary N) is 4. The standard InChI is InChI=1S/C25H46N4O9/c1-22(2,3)36-19(33)26-14-10-12-25(18(31)32,13-11-15-27-20(34)37-23(4,5)6)29-17(30)16-28-21(35)38-24(7,8)9/h10-16H2,1-9H3,(H,26,33)(H,27,34)(H,28,35)(H,29,30)(H,31,32). The highest BCUT2D eigenvalue weighted by atomic mass is 16.6. The van der Waals surface area contributed by atoms with Crippen LogP contribution < -0.4 is 21.3 Å². The summed E-state index contributed by atoms with van der Waals surface area (Å²) >= 11 is 0. The number of carboxylic acids is 1. The highest BCUT2D eigenvalue weighted by Gasteiger charge is 2.39. The molecule has 220 valence electrons. The first-order valence-electron chi connectivity index (χ1n) is 12.6. The van der Waals surface area contributed by atoms with Crippen LogP contribution in [0.3, 0.4) is 0 Å². The lowest BCUT2D eigenvalue weighted by atomic mass is 9.87. The number of ether oxygens (including phenoxy) is 3. The number of carbonyl (C=O) groups is 5. The summed E-state index contributed by atoms with van der Waals surface area (Å²) in [7, 11) is 0. The minimum absolute atomic E-state index is 0.0389. The van der Waals surface area contributed by atoms with E-state index in [0.717, 1.165) is 0 Å². The highest BCUT2D eigenvalue weighted by Crippen LogP contribution is 2.21. The van der Waals surface area contributed by atoms with E-state index in [1.54, 1.807) is 62.3 Å². The highest BCUT2D eigenvalue weighted by molar-refractivity contribution is 5.89. The SMILES string of the molecule is CC(C)(C)OC(=O)NCCCC(CCCNC(=O)OC(C)(C)C)(NC(=O)CNC(=O)OC(C)(C)C)C(=O)O. The van der Waals surface area contributed by atoms with Gasteiger partial charge in [-0.05, 0) is 88.0 Å². The van der Waals surface area contributed by atoms with Gasteiger partial charge in [-0.15, -0.1) is 0 Å². The first-order valence-corrected chi connectivity index (χ1v) is 12.6. The van der Waals surface area contributed by atoms with E-state index in [1.807, 2.05) is 0 Å². The van der Waals surface area contributed by atoms with Crippen molar-refractivity contribution in [2.24, 2.45) is 0 Å². The molecule has 0 radical (unpaired) electrons. The fourth-order valence-corrected chi connectivity index (χ4v) is 3.08. The van der Waals surface area contributed by atoms with Crippen LogP contribution in [0.2, 0.25) is 0 Å². The van der Waals surface area contributed by atoms with Gasteiger partial charge in [0.15, 0.2) is 0 Å². The van der Waals surface area contributed by atoms with Crippen molar-refractivity contribution in [2.45, 2.75) is 110 Å². The van der Waals surface area contributed by atoms with Crippen LogP contribution in [-0.4, -0.2) is 77.2 Å². The number of rotatable bonds is 12. The first-order chi connectivity index (χ1) is 17.1. The third-order valence-corrected chi connectivity index (χ3v) is 4.48. The van der Waals surface area contributed by atoms with Gasteiger partial charge in [-0.25, -0.2) is 19.2 Å². The summed E-state index contributed by atoms with van der Waals surface area (Å²) in [6.45, 7) is 15.0. The Bertz CT molecular complexity index is 788. The largest absolute Gasteiger partial charge is 0.480 e. The monoisotopic (exact) mass is 546 g/mol. The Balaban J connectivity index is 5.26. The first kappa shape index (κ1) is 34.8. The molecule has 0 saturated carbocycles. The normalized spacial score (nSPS) is 12.1. The van der Waals surface area contributed by atoms with Crippen LogP contribution >= 0.6 is 0 Å². The number of alkyl carbamates (subject to hydrolysis) is 3. The van der Waals surface area contributed by atoms with E-state index in [1.165, 1.54) is 0 Å². The lowest BCUT2D eigenvalue weighted by Crippen LogP contribution is -2.57. The Morgan fingerprint density at radius 3 is 1.26 bits per heavy atom. The summed E-state index contributed by atoms with van der Waals surface area (Å²) in [5.41, 5.74) is -3.87. The summed E-state index contributed by atoms with van der Waals surface area (Å²) in [6.07, 6.45) is -1.80. The molecule has 0 aliphatic rings. The van der Waals surface area contributed by atoms with E-state index < -0.39 is 59.0 Å². The molecule has 38 heavy (non-hydrogen) atoms. The van der Waals surface area contributed by atoms with Crippen molar-refractivity contribution in [1.82, 2.24) is 21.3 Å². The van der Waals surface area contributed by atoms with Crippen LogP contribution in [0.5, 0.6) is 0 Å². The molecule has 0 unspecified atom stereocenters. The van der Waals surface area contributed by atoms with Crippen LogP contribution in [-0.2, 0) is 23.8 Å². The summed E-state index contributed by atoms with van der Waals surface area (Å²) in [4.78, 5) is 60.6. The van der Waals surface area contributed by atoms with Crippen LogP contribution in [0.15, 0.2) is 0 Å². The van der Waals surface area contributed by atoms with Crippen molar-refractivity contribution in [3.8, 4) is 0 Å². The summed E-state index contributed by atoms with van der Waals surface area (Å²) in [5.74, 6) is -2.03. The fourth-order valence-electron chi connectivity index (χ4n) is 3.08. The molecule has 5 N–H and O–H groups in total. The molecule has 13 heteroatoms. The van der Waals surface area contributed by atoms with E-state index >= 15 is 0 Å². The van der Waals surface area contributed by atoms with Crippen molar-refractivity contribution < 1.29 is 43.3 Å². The van der Waals surface area contributed by atoms with Gasteiger partial charge >= 0.3 is 24.2 Å². The van der Waals surface area contributed by atoms with E-state index in [2.05, 4.69) is 21.3 Å². The summed E-state index contributed by atoms with van der Waals surface area (Å²) < 4.78 is 15.4. The average molecular weight is 547 g/mol. The van der Waals surface area contributed by atoms with Gasteiger partial charge in [0.05, 0.1) is 0 Å². The predicted octanol–water partition coefficient (Wildman–Crippen LogP) is 3.06. The Hall–Kier alpha value is -3.25. The van der Waals surface area contributed by atoms with Gasteiger partial charge in [0.2, 0.25) is 5.91 Å². The van der Waals surface area contributed by atoms with Gasteiger partial charge in [-0.3, -0.25) is 4.79 Å². The Morgan fingerprint density at radius 2 is 0.947 bits per heavy atom. The molecular weight excluding hydrogens is 500 g/mol. The zero-order valence-corrected chi connectivity index (χ0v) is 24.2. The molecule has 0 aromatic carbocycles. The lowest BCUT2D eigenvalue weighted by Gasteiger charge is -2.31. The Kier molecular flexibility index (Phi) is 13.4. The molecule has 0 fully saturated rings. The fraction of sp³-hybridized carbons (Fsp3) is 0.800. The van der Waals surface area contributed by atoms with Gasteiger partial charge < -0.3 is 40.6 Å². The minimum atomic E-state index is -1.72. The van der Waals surface area contributed by atoms with Crippen LogP contribution in [0.25, 0.3) is 0 Å². The van der Waals surface area contributed by atoms with Crippen LogP contribution in [0, 0.1) is 0 Å². The molecule has 0 atom stereocenters. The van der Waals surface area contributed by atoms with E-state index in [4.69, 9.17) is 14.2 Å². The van der Waals surface area contributed by atoms with Crippen molar-refractivity contribution in [1.29, 1.82) is 0 Å². The molecule has 13 nitrogen and oxygen atoms in total. The van der Waals surface area contributed by atoms with Gasteiger partial charge in [0.25, 0.3) is 0 Å². The predicted molar refractivity (Wildman–Crippen MR) is 140 cm³/mol. The average Bonchev–Trinajstić information content (AvgIpc) is 2.68. The van der Waals surface area contributed by atoms with E-state index in [-0.39, 0.29) is 38.8 Å². The molecule has 0 saturated heterocycles. The second-order valence-electron chi connectivity index (χ2n) is 11.9. The maximum Gasteiger partial charge on any atom is 0.408 e. The number of carboxylic acid groups (broad SMARTS) is 1. The molecule has 0 aromatic rings. The molecule has 0 aliphatic heterocycles. The molecule has 0 aliphatic carbocycles. The number of amides is 4. The maximum absolute atomic E-state index is 12.6. The molecule has 0 aromatic heterocycles. The van der Waals surface area contributed by atoms with Crippen molar-refractivity contribution in [3.63, 3.8) is 0 Å². The van der Waals surface area contributed by atoms with Crippen molar-refractivity contribution >= 4 is 30.2 Å². The molecule has 4 amide bonds. The molecular formula is C25H46N4O9. The van der Waals surface area contributed by atoms with Crippen molar-refractivity contribution in [2.75, 3.05) is 19.6 Å². The Morgan fingerprint density at radius 1 is 0.605 bits per heavy atom. The maximum atomic E-state index is 12.6. The molecule has 0 bridgehead atoms. The zero-order valence-electron chi connectivity index (χ0n) is 24.2. The van der Waals surface area contributed by atoms with Gasteiger partial charge in [-0.1, -0.05) is 0 Å². The lowest BCUT2D eigenvalue weighted by molar-refractivity contribution is -0.148. The van der Waals surface area contributed by atoms with E-state index in [0.29, 0.717) is 0 Å². The number of hydrogen-bond donors (Lipinski definition) is 5. The number of aliphatic carboxylic acids is 1. The molecule has 0 spiro atoms. The number of hydrogen-bond acceptors (Lipinski definition) is 8. The molecule has 0 heterocycles. The smallest absolute Gasteiger partial charge is 0.408 e. The van der Waals surface area contributed by atoms with Gasteiger partial charge in [-0.2, -0.15) is 0 Å². The van der Waals surface area contributed by atoms with E-state index in [9.17, 15) is 29.1 Å². The summed E-state index contributed by atoms with van der Waals surface area (Å²) in [5, 5.41) is 20.0. The second kappa shape index (κ2) is 14.6. The zero-order chi connectivity index (χ0) is 29.8. The van der Waals surface area contributed by atoms with Gasteiger partial charge in [0, 0.05) is 13.1 Å².